The quantitative estimate of drug-likeness (QED) is 0.611. The molecule has 3 aromatic rings. The highest BCUT2D eigenvalue weighted by Gasteiger charge is 2.26. The predicted octanol–water partition coefficient (Wildman–Crippen LogP) is 4.28. The highest BCUT2D eigenvalue weighted by atomic mass is 16.5. The van der Waals surface area contributed by atoms with Crippen LogP contribution in [0.25, 0.3) is 11.1 Å². The van der Waals surface area contributed by atoms with E-state index in [0.29, 0.717) is 24.3 Å². The average molecular weight is 414 g/mol. The van der Waals surface area contributed by atoms with Gasteiger partial charge >= 0.3 is 5.97 Å². The Morgan fingerprint density at radius 2 is 1.55 bits per heavy atom. The number of carbonyl (C=O) groups is 3. The number of rotatable bonds is 6. The van der Waals surface area contributed by atoms with Crippen LogP contribution in [-0.4, -0.2) is 30.9 Å². The van der Waals surface area contributed by atoms with E-state index < -0.39 is 18.5 Å². The lowest BCUT2D eigenvalue weighted by Crippen LogP contribution is -2.27. The number of hydrogen-bond acceptors (Lipinski definition) is 4. The van der Waals surface area contributed by atoms with Gasteiger partial charge in [-0.05, 0) is 41.8 Å². The third kappa shape index (κ3) is 4.80. The van der Waals surface area contributed by atoms with E-state index in [0.717, 1.165) is 17.5 Å². The average Bonchev–Trinajstić information content (AvgIpc) is 3.24. The van der Waals surface area contributed by atoms with Gasteiger partial charge in [-0.15, -0.1) is 0 Å². The van der Waals surface area contributed by atoms with Crippen LogP contribution in [0.15, 0.2) is 78.9 Å². The molecule has 0 aliphatic carbocycles. The molecule has 31 heavy (non-hydrogen) atoms. The van der Waals surface area contributed by atoms with Gasteiger partial charge in [0.1, 0.15) is 0 Å². The van der Waals surface area contributed by atoms with Gasteiger partial charge in [-0.2, -0.15) is 0 Å². The van der Waals surface area contributed by atoms with E-state index in [1.165, 1.54) is 0 Å². The molecule has 0 aromatic heterocycles. The van der Waals surface area contributed by atoms with Crippen molar-refractivity contribution in [2.24, 2.45) is 0 Å². The predicted molar refractivity (Wildman–Crippen MR) is 119 cm³/mol. The molecule has 1 aliphatic heterocycles. The van der Waals surface area contributed by atoms with Gasteiger partial charge in [-0.3, -0.25) is 9.59 Å². The zero-order valence-electron chi connectivity index (χ0n) is 16.9. The molecule has 0 bridgehead atoms. The fourth-order valence-corrected chi connectivity index (χ4v) is 3.57. The first-order valence-electron chi connectivity index (χ1n) is 10.1. The van der Waals surface area contributed by atoms with E-state index >= 15 is 0 Å². The van der Waals surface area contributed by atoms with Crippen molar-refractivity contribution in [1.29, 1.82) is 0 Å². The van der Waals surface area contributed by atoms with Gasteiger partial charge < -0.3 is 15.0 Å². The van der Waals surface area contributed by atoms with Crippen LogP contribution in [0.3, 0.4) is 0 Å². The Kier molecular flexibility index (Phi) is 6.08. The Hall–Kier alpha value is -3.93. The summed E-state index contributed by atoms with van der Waals surface area (Å²) in [4.78, 5) is 38.4. The molecule has 2 amide bonds. The molecule has 156 valence electrons. The van der Waals surface area contributed by atoms with Gasteiger partial charge in [0, 0.05) is 18.7 Å². The standard InChI is InChI=1S/C25H22N2O4/c28-23(26-20-14-12-19(13-15-20)18-7-2-1-3-8-18)17-31-25(30)21-9-4-5-10-22(21)27-16-6-11-24(27)29/h1-5,7-10,12-15H,6,11,16-17H2,(H,26,28). The molecule has 4 rings (SSSR count). The van der Waals surface area contributed by atoms with Crippen molar-refractivity contribution in [3.8, 4) is 11.1 Å². The number of para-hydroxylation sites is 1. The number of anilines is 2. The third-order valence-corrected chi connectivity index (χ3v) is 5.10. The minimum Gasteiger partial charge on any atom is -0.452 e. The largest absolute Gasteiger partial charge is 0.452 e. The van der Waals surface area contributed by atoms with Crippen molar-refractivity contribution in [3.05, 3.63) is 84.4 Å². The first-order valence-corrected chi connectivity index (χ1v) is 10.1. The minimum absolute atomic E-state index is 0.0167. The van der Waals surface area contributed by atoms with Crippen molar-refractivity contribution < 1.29 is 19.1 Å². The molecular formula is C25H22N2O4. The maximum absolute atomic E-state index is 12.5. The van der Waals surface area contributed by atoms with Crippen LogP contribution >= 0.6 is 0 Å². The maximum Gasteiger partial charge on any atom is 0.340 e. The molecule has 6 nitrogen and oxygen atoms in total. The van der Waals surface area contributed by atoms with E-state index in [1.807, 2.05) is 42.5 Å². The molecule has 0 unspecified atom stereocenters. The third-order valence-electron chi connectivity index (χ3n) is 5.10. The summed E-state index contributed by atoms with van der Waals surface area (Å²) in [6.07, 6.45) is 1.22. The van der Waals surface area contributed by atoms with Gasteiger partial charge in [0.2, 0.25) is 5.91 Å². The summed E-state index contributed by atoms with van der Waals surface area (Å²) in [5.74, 6) is -1.09. The summed E-state index contributed by atoms with van der Waals surface area (Å²) >= 11 is 0. The Labute approximate surface area is 180 Å². The maximum atomic E-state index is 12.5. The summed E-state index contributed by atoms with van der Waals surface area (Å²) in [5, 5.41) is 2.72. The highest BCUT2D eigenvalue weighted by molar-refractivity contribution is 6.04. The van der Waals surface area contributed by atoms with Crippen molar-refractivity contribution in [2.45, 2.75) is 12.8 Å². The molecule has 1 heterocycles. The summed E-state index contributed by atoms with van der Waals surface area (Å²) in [7, 11) is 0. The van der Waals surface area contributed by atoms with Gasteiger partial charge in [0.05, 0.1) is 11.3 Å². The van der Waals surface area contributed by atoms with Crippen LogP contribution < -0.4 is 10.2 Å². The monoisotopic (exact) mass is 414 g/mol. The number of carbonyl (C=O) groups excluding carboxylic acids is 3. The number of hydrogen-bond donors (Lipinski definition) is 1. The number of benzene rings is 3. The van der Waals surface area contributed by atoms with E-state index in [4.69, 9.17) is 4.74 Å². The van der Waals surface area contributed by atoms with E-state index in [-0.39, 0.29) is 11.5 Å². The molecule has 1 aliphatic rings. The SMILES string of the molecule is O=C(COC(=O)c1ccccc1N1CCCC1=O)Nc1ccc(-c2ccccc2)cc1. The molecule has 1 N–H and O–H groups in total. The van der Waals surface area contributed by atoms with Gasteiger partial charge in [0.25, 0.3) is 5.91 Å². The summed E-state index contributed by atoms with van der Waals surface area (Å²) < 4.78 is 5.20. The lowest BCUT2D eigenvalue weighted by atomic mass is 10.1. The van der Waals surface area contributed by atoms with Crippen LogP contribution in [-0.2, 0) is 14.3 Å². The highest BCUT2D eigenvalue weighted by Crippen LogP contribution is 2.26. The molecule has 0 spiro atoms. The van der Waals surface area contributed by atoms with E-state index in [1.54, 1.807) is 41.3 Å². The van der Waals surface area contributed by atoms with Crippen LogP contribution in [0.2, 0.25) is 0 Å². The van der Waals surface area contributed by atoms with Crippen molar-refractivity contribution >= 4 is 29.2 Å². The fraction of sp³-hybridized carbons (Fsp3) is 0.160. The summed E-state index contributed by atoms with van der Waals surface area (Å²) in [6.45, 7) is 0.157. The molecule has 6 heteroatoms. The number of nitrogens with one attached hydrogen (secondary N) is 1. The topological polar surface area (TPSA) is 75.7 Å². The smallest absolute Gasteiger partial charge is 0.340 e. The Morgan fingerprint density at radius 1 is 0.871 bits per heavy atom. The normalized spacial score (nSPS) is 13.2. The second kappa shape index (κ2) is 9.26. The molecule has 0 atom stereocenters. The number of ether oxygens (including phenoxy) is 1. The van der Waals surface area contributed by atoms with Crippen molar-refractivity contribution in [1.82, 2.24) is 0 Å². The van der Waals surface area contributed by atoms with E-state index in [9.17, 15) is 14.4 Å². The van der Waals surface area contributed by atoms with Gasteiger partial charge in [-0.1, -0.05) is 54.6 Å². The van der Waals surface area contributed by atoms with Gasteiger partial charge in [0.15, 0.2) is 6.61 Å². The fourth-order valence-electron chi connectivity index (χ4n) is 3.57. The van der Waals surface area contributed by atoms with Crippen LogP contribution in [0.5, 0.6) is 0 Å². The van der Waals surface area contributed by atoms with Crippen molar-refractivity contribution in [2.75, 3.05) is 23.4 Å². The molecule has 0 radical (unpaired) electrons. The first kappa shape index (κ1) is 20.3. The summed E-state index contributed by atoms with van der Waals surface area (Å²) in [5.41, 5.74) is 3.54. The molecule has 0 saturated carbocycles. The van der Waals surface area contributed by atoms with Crippen LogP contribution in [0.1, 0.15) is 23.2 Å². The number of esters is 1. The lowest BCUT2D eigenvalue weighted by Gasteiger charge is -2.18. The number of amides is 2. The van der Waals surface area contributed by atoms with Crippen molar-refractivity contribution in [3.63, 3.8) is 0 Å². The van der Waals surface area contributed by atoms with Crippen LogP contribution in [0, 0.1) is 0 Å². The van der Waals surface area contributed by atoms with Crippen LogP contribution in [0.4, 0.5) is 11.4 Å². The number of nitrogens with zero attached hydrogens (tertiary/aromatic N) is 1. The molecule has 1 fully saturated rings. The van der Waals surface area contributed by atoms with Gasteiger partial charge in [-0.25, -0.2) is 4.79 Å². The van der Waals surface area contributed by atoms with E-state index in [2.05, 4.69) is 5.32 Å². The Morgan fingerprint density at radius 3 is 2.26 bits per heavy atom. The Balaban J connectivity index is 1.35. The second-order valence-corrected chi connectivity index (χ2v) is 7.23. The zero-order valence-corrected chi connectivity index (χ0v) is 16.9. The lowest BCUT2D eigenvalue weighted by molar-refractivity contribution is -0.119. The molecular weight excluding hydrogens is 392 g/mol. The second-order valence-electron chi connectivity index (χ2n) is 7.23. The molecule has 1 saturated heterocycles. The Bertz CT molecular complexity index is 1090. The summed E-state index contributed by atoms with van der Waals surface area (Å²) in [6, 6.07) is 24.2. The first-order chi connectivity index (χ1) is 15.1. The minimum atomic E-state index is -0.634. The molecule has 3 aromatic carbocycles. The zero-order chi connectivity index (χ0) is 21.6.